The minimum atomic E-state index is -0.578. The first-order valence-corrected chi connectivity index (χ1v) is 9.10. The minimum Gasteiger partial charge on any atom is -0.494 e. The zero-order chi connectivity index (χ0) is 20.0. The lowest BCUT2D eigenvalue weighted by molar-refractivity contribution is 0.103. The van der Waals surface area contributed by atoms with Crippen LogP contribution >= 0.6 is 0 Å². The minimum absolute atomic E-state index is 0.0146. The Bertz CT molecular complexity index is 921. The molecule has 27 heavy (non-hydrogen) atoms. The number of ether oxygens (including phenoxy) is 1. The molecule has 0 bridgehead atoms. The maximum Gasteiger partial charge on any atom is 0.271 e. The van der Waals surface area contributed by atoms with E-state index >= 15 is 0 Å². The largest absolute Gasteiger partial charge is 0.494 e. The Kier molecular flexibility index (Phi) is 6.78. The van der Waals surface area contributed by atoms with Crippen LogP contribution in [0.15, 0.2) is 29.1 Å². The second-order valence-electron chi connectivity index (χ2n) is 6.32. The molecule has 0 saturated carbocycles. The molecule has 6 heteroatoms. The van der Waals surface area contributed by atoms with Crippen molar-refractivity contribution in [2.75, 3.05) is 6.61 Å². The van der Waals surface area contributed by atoms with E-state index in [1.807, 2.05) is 13.0 Å². The van der Waals surface area contributed by atoms with E-state index in [-0.39, 0.29) is 23.2 Å². The Morgan fingerprint density at radius 2 is 1.89 bits per heavy atom. The van der Waals surface area contributed by atoms with Crippen LogP contribution in [0.1, 0.15) is 60.2 Å². The lowest BCUT2D eigenvalue weighted by Crippen LogP contribution is -2.26. The van der Waals surface area contributed by atoms with E-state index in [9.17, 15) is 20.0 Å². The zero-order valence-corrected chi connectivity index (χ0v) is 15.9. The highest BCUT2D eigenvalue weighted by atomic mass is 16.5. The fourth-order valence-corrected chi connectivity index (χ4v) is 2.84. The van der Waals surface area contributed by atoms with Crippen LogP contribution in [-0.2, 0) is 6.54 Å². The van der Waals surface area contributed by atoms with Gasteiger partial charge in [-0.3, -0.25) is 14.2 Å². The molecule has 0 aliphatic rings. The van der Waals surface area contributed by atoms with Crippen molar-refractivity contribution in [3.63, 3.8) is 0 Å². The summed E-state index contributed by atoms with van der Waals surface area (Å²) in [5.74, 6) is -0.173. The van der Waals surface area contributed by atoms with Crippen molar-refractivity contribution >= 4 is 5.78 Å². The number of ketones is 1. The fraction of sp³-hybridized carbons (Fsp3) is 0.381. The smallest absolute Gasteiger partial charge is 0.271 e. The van der Waals surface area contributed by atoms with Crippen LogP contribution in [0.2, 0.25) is 0 Å². The van der Waals surface area contributed by atoms with E-state index < -0.39 is 17.2 Å². The maximum absolute atomic E-state index is 13.0. The molecule has 1 aromatic heterocycles. The van der Waals surface area contributed by atoms with Crippen molar-refractivity contribution in [3.8, 4) is 17.7 Å². The molecule has 1 heterocycles. The van der Waals surface area contributed by atoms with Gasteiger partial charge < -0.3 is 9.84 Å². The van der Waals surface area contributed by atoms with Crippen LogP contribution < -0.4 is 10.3 Å². The van der Waals surface area contributed by atoms with Gasteiger partial charge in [-0.25, -0.2) is 0 Å². The quantitative estimate of drug-likeness (QED) is 0.568. The molecule has 0 aliphatic carbocycles. The molecule has 0 spiro atoms. The van der Waals surface area contributed by atoms with Crippen molar-refractivity contribution in [2.45, 2.75) is 46.6 Å². The summed E-state index contributed by atoms with van der Waals surface area (Å²) in [6.45, 7) is 6.26. The number of nitriles is 1. The van der Waals surface area contributed by atoms with Gasteiger partial charge in [0.05, 0.1) is 12.2 Å². The number of rotatable bonds is 8. The first-order valence-electron chi connectivity index (χ1n) is 9.10. The molecule has 0 fully saturated rings. The molecule has 0 atom stereocenters. The van der Waals surface area contributed by atoms with Crippen LogP contribution in [-0.4, -0.2) is 22.1 Å². The van der Waals surface area contributed by atoms with E-state index in [1.165, 1.54) is 6.92 Å². The normalized spacial score (nSPS) is 10.4. The number of unbranched alkanes of at least 4 members (excludes halogenated alkanes) is 1. The highest BCUT2D eigenvalue weighted by Crippen LogP contribution is 2.26. The van der Waals surface area contributed by atoms with Gasteiger partial charge in [-0.1, -0.05) is 20.3 Å². The van der Waals surface area contributed by atoms with Crippen molar-refractivity contribution in [1.82, 2.24) is 4.57 Å². The van der Waals surface area contributed by atoms with Gasteiger partial charge >= 0.3 is 0 Å². The third-order valence-corrected chi connectivity index (χ3v) is 4.36. The number of hydrogen-bond donors (Lipinski definition) is 1. The lowest BCUT2D eigenvalue weighted by Gasteiger charge is -2.15. The number of nitrogens with zero attached hydrogens (tertiary/aromatic N) is 2. The van der Waals surface area contributed by atoms with Gasteiger partial charge in [0.1, 0.15) is 17.4 Å². The molecular weight excluding hydrogens is 344 g/mol. The van der Waals surface area contributed by atoms with Gasteiger partial charge in [-0.05, 0) is 49.6 Å². The van der Waals surface area contributed by atoms with E-state index in [1.54, 1.807) is 24.3 Å². The first-order chi connectivity index (χ1) is 13.0. The number of aromatic hydroxyl groups is 1. The molecule has 0 unspecified atom stereocenters. The number of aromatic nitrogens is 1. The van der Waals surface area contributed by atoms with Crippen LogP contribution in [0, 0.1) is 18.3 Å². The number of carbonyl (C=O) groups excluding carboxylic acids is 1. The number of benzene rings is 1. The average Bonchev–Trinajstić information content (AvgIpc) is 2.66. The predicted molar refractivity (Wildman–Crippen MR) is 102 cm³/mol. The topological polar surface area (TPSA) is 92.3 Å². The van der Waals surface area contributed by atoms with E-state index in [4.69, 9.17) is 4.74 Å². The Hall–Kier alpha value is -3.07. The van der Waals surface area contributed by atoms with Crippen molar-refractivity contribution in [3.05, 3.63) is 56.9 Å². The van der Waals surface area contributed by atoms with Gasteiger partial charge in [0, 0.05) is 12.1 Å². The fourth-order valence-electron chi connectivity index (χ4n) is 2.84. The molecule has 1 aromatic carbocycles. The molecule has 2 aromatic rings. The van der Waals surface area contributed by atoms with Crippen LogP contribution in [0.5, 0.6) is 11.6 Å². The second-order valence-corrected chi connectivity index (χ2v) is 6.32. The molecule has 0 radical (unpaired) electrons. The van der Waals surface area contributed by atoms with Crippen molar-refractivity contribution in [1.29, 1.82) is 5.26 Å². The standard InChI is InChI=1S/C21H24N2O4/c1-4-6-12-27-16-9-7-15(8-10-16)19(24)18-14(3)17(13-22)20(25)23(11-5-2)21(18)26/h7-10,26H,4-6,11-12H2,1-3H3. The zero-order valence-electron chi connectivity index (χ0n) is 15.9. The van der Waals surface area contributed by atoms with Crippen molar-refractivity contribution in [2.24, 2.45) is 0 Å². The molecule has 0 amide bonds. The van der Waals surface area contributed by atoms with E-state index in [0.29, 0.717) is 24.3 Å². The molecule has 1 N–H and O–H groups in total. The summed E-state index contributed by atoms with van der Waals surface area (Å²) >= 11 is 0. The summed E-state index contributed by atoms with van der Waals surface area (Å²) < 4.78 is 6.67. The predicted octanol–water partition coefficient (Wildman–Crippen LogP) is 3.55. The molecule has 142 valence electrons. The first kappa shape index (κ1) is 20.2. The van der Waals surface area contributed by atoms with Crippen LogP contribution in [0.4, 0.5) is 0 Å². The molecule has 0 saturated heterocycles. The third kappa shape index (κ3) is 4.20. The van der Waals surface area contributed by atoms with Gasteiger partial charge in [-0.2, -0.15) is 5.26 Å². The Balaban J connectivity index is 2.45. The van der Waals surface area contributed by atoms with Crippen LogP contribution in [0.3, 0.4) is 0 Å². The molecular formula is C21H24N2O4. The Morgan fingerprint density at radius 1 is 1.22 bits per heavy atom. The van der Waals surface area contributed by atoms with E-state index in [2.05, 4.69) is 6.92 Å². The van der Waals surface area contributed by atoms with Gasteiger partial charge in [0.25, 0.3) is 5.56 Å². The summed E-state index contributed by atoms with van der Waals surface area (Å²) in [5, 5.41) is 19.9. The third-order valence-electron chi connectivity index (χ3n) is 4.36. The summed E-state index contributed by atoms with van der Waals surface area (Å²) in [5.41, 5.74) is -0.170. The molecule has 0 aliphatic heterocycles. The lowest BCUT2D eigenvalue weighted by atomic mass is 9.97. The highest BCUT2D eigenvalue weighted by molar-refractivity contribution is 6.11. The van der Waals surface area contributed by atoms with Crippen molar-refractivity contribution < 1.29 is 14.6 Å². The summed E-state index contributed by atoms with van der Waals surface area (Å²) in [4.78, 5) is 25.3. The van der Waals surface area contributed by atoms with Crippen LogP contribution in [0.25, 0.3) is 0 Å². The monoisotopic (exact) mass is 368 g/mol. The van der Waals surface area contributed by atoms with Gasteiger partial charge in [-0.15, -0.1) is 0 Å². The number of carbonyl (C=O) groups is 1. The summed E-state index contributed by atoms with van der Waals surface area (Å²) in [6, 6.07) is 8.48. The maximum atomic E-state index is 13.0. The van der Waals surface area contributed by atoms with Gasteiger partial charge in [0.2, 0.25) is 5.88 Å². The Morgan fingerprint density at radius 3 is 2.44 bits per heavy atom. The average molecular weight is 368 g/mol. The number of hydrogen-bond acceptors (Lipinski definition) is 5. The molecule has 6 nitrogen and oxygen atoms in total. The second kappa shape index (κ2) is 9.04. The number of pyridine rings is 1. The summed E-state index contributed by atoms with van der Waals surface area (Å²) in [6.07, 6.45) is 2.56. The molecule has 2 rings (SSSR count). The SMILES string of the molecule is CCCCOc1ccc(C(=O)c2c(C)c(C#N)c(=O)n(CCC)c2O)cc1. The van der Waals surface area contributed by atoms with Gasteiger partial charge in [0.15, 0.2) is 5.78 Å². The summed E-state index contributed by atoms with van der Waals surface area (Å²) in [7, 11) is 0. The Labute approximate surface area is 158 Å². The van der Waals surface area contributed by atoms with E-state index in [0.717, 1.165) is 17.4 Å². The highest BCUT2D eigenvalue weighted by Gasteiger charge is 2.24.